The first-order valence-corrected chi connectivity index (χ1v) is 7.33. The number of phenols is 2. The fourth-order valence-corrected chi connectivity index (χ4v) is 2.58. The summed E-state index contributed by atoms with van der Waals surface area (Å²) in [6, 6.07) is 10.0. The van der Waals surface area contributed by atoms with Gasteiger partial charge in [0.05, 0.1) is 11.1 Å². The molecule has 0 saturated heterocycles. The minimum Gasteiger partial charge on any atom is -0.508 e. The average Bonchev–Trinajstić information content (AvgIpc) is 2.47. The lowest BCUT2D eigenvalue weighted by Crippen LogP contribution is -2.20. The molecule has 120 valence electrons. The molecule has 0 fully saturated rings. The molecule has 2 aromatic carbocycles. The number of phenolic OH excluding ortho intramolecular Hbond substituents is 2. The highest BCUT2D eigenvalue weighted by Crippen LogP contribution is 2.36. The van der Waals surface area contributed by atoms with Crippen molar-refractivity contribution < 1.29 is 19.8 Å². The number of ketones is 2. The quantitative estimate of drug-likeness (QED) is 0.841. The summed E-state index contributed by atoms with van der Waals surface area (Å²) < 4.78 is 0. The number of rotatable bonds is 4. The smallest absolute Gasteiger partial charge is 0.163 e. The molecule has 0 aliphatic heterocycles. The highest BCUT2D eigenvalue weighted by molar-refractivity contribution is 6.04. The zero-order valence-electron chi connectivity index (χ0n) is 13.7. The maximum absolute atomic E-state index is 11.8. The Kier molecular flexibility index (Phi) is 4.28. The number of aromatic hydroxyl groups is 2. The predicted molar refractivity (Wildman–Crippen MR) is 88.4 cm³/mol. The molecule has 0 spiro atoms. The molecule has 2 aromatic rings. The van der Waals surface area contributed by atoms with Crippen LogP contribution in [0.25, 0.3) is 0 Å². The summed E-state index contributed by atoms with van der Waals surface area (Å²) in [7, 11) is 0. The van der Waals surface area contributed by atoms with E-state index >= 15 is 0 Å². The molecule has 0 atom stereocenters. The van der Waals surface area contributed by atoms with E-state index in [0.717, 1.165) is 11.1 Å². The van der Waals surface area contributed by atoms with Gasteiger partial charge in [0.1, 0.15) is 11.5 Å². The minimum atomic E-state index is -0.504. The standard InChI is InChI=1S/C19H20O4/c1-11(20)16-9-14(10-17(12(2)21)18(16)23)19(3,4)13-5-7-15(22)8-6-13/h5-10,22-23H,1-4H3. The molecule has 0 amide bonds. The van der Waals surface area contributed by atoms with Crippen LogP contribution in [0.15, 0.2) is 36.4 Å². The highest BCUT2D eigenvalue weighted by Gasteiger charge is 2.27. The first kappa shape index (κ1) is 16.7. The summed E-state index contributed by atoms with van der Waals surface area (Å²) in [6.45, 7) is 6.63. The van der Waals surface area contributed by atoms with Crippen LogP contribution in [-0.4, -0.2) is 21.8 Å². The van der Waals surface area contributed by atoms with Gasteiger partial charge in [-0.25, -0.2) is 0 Å². The molecule has 0 saturated carbocycles. The third-order valence-corrected chi connectivity index (χ3v) is 4.18. The monoisotopic (exact) mass is 312 g/mol. The van der Waals surface area contributed by atoms with Gasteiger partial charge in [0, 0.05) is 5.41 Å². The van der Waals surface area contributed by atoms with Gasteiger partial charge in [-0.2, -0.15) is 0 Å². The van der Waals surface area contributed by atoms with Crippen molar-refractivity contribution in [2.45, 2.75) is 33.1 Å². The van der Waals surface area contributed by atoms with Crippen LogP contribution in [0.5, 0.6) is 11.5 Å². The molecule has 0 aliphatic rings. The van der Waals surface area contributed by atoms with E-state index in [1.54, 1.807) is 36.4 Å². The lowest BCUT2D eigenvalue weighted by atomic mass is 9.76. The van der Waals surface area contributed by atoms with Crippen molar-refractivity contribution in [3.8, 4) is 11.5 Å². The highest BCUT2D eigenvalue weighted by atomic mass is 16.3. The molecule has 0 aliphatic carbocycles. The van der Waals surface area contributed by atoms with Crippen LogP contribution in [-0.2, 0) is 5.41 Å². The van der Waals surface area contributed by atoms with Crippen molar-refractivity contribution in [3.05, 3.63) is 58.7 Å². The zero-order chi connectivity index (χ0) is 17.4. The van der Waals surface area contributed by atoms with Gasteiger partial charge in [-0.3, -0.25) is 9.59 Å². The van der Waals surface area contributed by atoms with Gasteiger partial charge < -0.3 is 10.2 Å². The van der Waals surface area contributed by atoms with Crippen LogP contribution in [0.3, 0.4) is 0 Å². The number of benzene rings is 2. The van der Waals surface area contributed by atoms with Crippen LogP contribution in [0.4, 0.5) is 0 Å². The summed E-state index contributed by atoms with van der Waals surface area (Å²) >= 11 is 0. The molecule has 0 aromatic heterocycles. The van der Waals surface area contributed by atoms with Gasteiger partial charge >= 0.3 is 0 Å². The normalized spacial score (nSPS) is 11.3. The molecular weight excluding hydrogens is 292 g/mol. The van der Waals surface area contributed by atoms with E-state index in [-0.39, 0.29) is 34.2 Å². The second-order valence-corrected chi connectivity index (χ2v) is 6.20. The Morgan fingerprint density at radius 2 is 1.26 bits per heavy atom. The summed E-state index contributed by atoms with van der Waals surface area (Å²) in [5, 5.41) is 19.6. The Bertz CT molecular complexity index is 735. The lowest BCUT2D eigenvalue weighted by Gasteiger charge is -2.27. The summed E-state index contributed by atoms with van der Waals surface area (Å²) in [5.41, 5.74) is 1.44. The van der Waals surface area contributed by atoms with E-state index in [9.17, 15) is 19.8 Å². The van der Waals surface area contributed by atoms with E-state index in [0.29, 0.717) is 0 Å². The zero-order valence-corrected chi connectivity index (χ0v) is 13.7. The van der Waals surface area contributed by atoms with E-state index in [4.69, 9.17) is 0 Å². The van der Waals surface area contributed by atoms with Crippen LogP contribution in [0.2, 0.25) is 0 Å². The van der Waals surface area contributed by atoms with Crippen molar-refractivity contribution >= 4 is 11.6 Å². The van der Waals surface area contributed by atoms with Crippen molar-refractivity contribution in [3.63, 3.8) is 0 Å². The molecule has 23 heavy (non-hydrogen) atoms. The Balaban J connectivity index is 2.68. The first-order valence-electron chi connectivity index (χ1n) is 7.33. The predicted octanol–water partition coefficient (Wildman–Crippen LogP) is 3.83. The third kappa shape index (κ3) is 3.11. The second kappa shape index (κ2) is 5.88. The van der Waals surface area contributed by atoms with E-state index in [1.807, 2.05) is 13.8 Å². The Hall–Kier alpha value is -2.62. The van der Waals surface area contributed by atoms with Gasteiger partial charge in [0.15, 0.2) is 11.6 Å². The molecule has 2 rings (SSSR count). The molecule has 0 radical (unpaired) electrons. The van der Waals surface area contributed by atoms with E-state index in [2.05, 4.69) is 0 Å². The number of hydrogen-bond donors (Lipinski definition) is 2. The van der Waals surface area contributed by atoms with Crippen LogP contribution < -0.4 is 0 Å². The van der Waals surface area contributed by atoms with Gasteiger partial charge in [0.2, 0.25) is 0 Å². The van der Waals surface area contributed by atoms with Crippen LogP contribution in [0.1, 0.15) is 59.5 Å². The van der Waals surface area contributed by atoms with Crippen LogP contribution in [0, 0.1) is 0 Å². The molecule has 2 N–H and O–H groups in total. The Morgan fingerprint density at radius 3 is 1.65 bits per heavy atom. The summed E-state index contributed by atoms with van der Waals surface area (Å²) in [5.74, 6) is -0.693. The van der Waals surface area contributed by atoms with Crippen LogP contribution >= 0.6 is 0 Å². The van der Waals surface area contributed by atoms with Crippen molar-refractivity contribution in [2.75, 3.05) is 0 Å². The number of hydrogen-bond acceptors (Lipinski definition) is 4. The number of Topliss-reactive ketones (excluding diaryl/α,β-unsaturated/α-hetero) is 2. The Labute approximate surface area is 135 Å². The van der Waals surface area contributed by atoms with E-state index in [1.165, 1.54) is 13.8 Å². The number of carbonyl (C=O) groups is 2. The van der Waals surface area contributed by atoms with Gasteiger partial charge in [0.25, 0.3) is 0 Å². The van der Waals surface area contributed by atoms with Crippen molar-refractivity contribution in [1.29, 1.82) is 0 Å². The third-order valence-electron chi connectivity index (χ3n) is 4.18. The fourth-order valence-electron chi connectivity index (χ4n) is 2.58. The van der Waals surface area contributed by atoms with Crippen molar-refractivity contribution in [1.82, 2.24) is 0 Å². The molecule has 4 nitrogen and oxygen atoms in total. The summed E-state index contributed by atoms with van der Waals surface area (Å²) in [4.78, 5) is 23.6. The Morgan fingerprint density at radius 1 is 0.826 bits per heavy atom. The molecule has 4 heteroatoms. The fraction of sp³-hybridized carbons (Fsp3) is 0.263. The maximum atomic E-state index is 11.8. The average molecular weight is 312 g/mol. The van der Waals surface area contributed by atoms with Crippen molar-refractivity contribution in [2.24, 2.45) is 0 Å². The topological polar surface area (TPSA) is 74.6 Å². The van der Waals surface area contributed by atoms with Gasteiger partial charge in [-0.05, 0) is 49.2 Å². The molecule has 0 bridgehead atoms. The maximum Gasteiger partial charge on any atom is 0.163 e. The SMILES string of the molecule is CC(=O)c1cc(C(C)(C)c2ccc(O)cc2)cc(C(C)=O)c1O. The van der Waals surface area contributed by atoms with E-state index < -0.39 is 5.41 Å². The molecular formula is C19H20O4. The number of carbonyl (C=O) groups excluding carboxylic acids is 2. The largest absolute Gasteiger partial charge is 0.508 e. The minimum absolute atomic E-state index is 0.138. The van der Waals surface area contributed by atoms with Gasteiger partial charge in [-0.15, -0.1) is 0 Å². The van der Waals surface area contributed by atoms with Gasteiger partial charge in [-0.1, -0.05) is 26.0 Å². The molecule has 0 heterocycles. The molecule has 0 unspecified atom stereocenters. The lowest BCUT2D eigenvalue weighted by molar-refractivity contribution is 0.101. The first-order chi connectivity index (χ1) is 10.6. The summed E-state index contributed by atoms with van der Waals surface area (Å²) in [6.07, 6.45) is 0. The second-order valence-electron chi connectivity index (χ2n) is 6.20.